The molecule has 140 valence electrons. The molecular weight excluding hydrogens is 422 g/mol. The molecule has 0 saturated carbocycles. The van der Waals surface area contributed by atoms with Crippen LogP contribution in [0.2, 0.25) is 0 Å². The molecule has 0 saturated heterocycles. The minimum Gasteiger partial charge on any atom is -0.457 e. The number of ether oxygens (including phenoxy) is 1. The minimum atomic E-state index is -0.381. The Morgan fingerprint density at radius 3 is 2.29 bits per heavy atom. The number of halogens is 1. The predicted molar refractivity (Wildman–Crippen MR) is 112 cm³/mol. The standard InChI is InChI=1S/C21H16BrN3O3/c22-17-6-4-5-16(13-17)21(26)25-24-20(14-23-27)15-9-11-19(12-10-15)28-18-7-2-1-3-8-18/h1-13H,14H2,(H,25,26). The van der Waals surface area contributed by atoms with Gasteiger partial charge >= 0.3 is 0 Å². The Labute approximate surface area is 170 Å². The summed E-state index contributed by atoms with van der Waals surface area (Å²) in [7, 11) is 0. The molecule has 6 nitrogen and oxygen atoms in total. The van der Waals surface area contributed by atoms with Crippen molar-refractivity contribution in [2.45, 2.75) is 0 Å². The molecule has 3 aromatic rings. The quantitative estimate of drug-likeness (QED) is 0.315. The van der Waals surface area contributed by atoms with E-state index in [2.05, 4.69) is 31.6 Å². The smallest absolute Gasteiger partial charge is 0.271 e. The Kier molecular flexibility index (Phi) is 6.64. The lowest BCUT2D eigenvalue weighted by molar-refractivity contribution is 0.0954. The summed E-state index contributed by atoms with van der Waals surface area (Å²) in [4.78, 5) is 23.0. The largest absolute Gasteiger partial charge is 0.457 e. The number of amides is 1. The lowest BCUT2D eigenvalue weighted by Crippen LogP contribution is -2.21. The fourth-order valence-electron chi connectivity index (χ4n) is 2.40. The number of nitroso groups, excluding NO2 is 1. The number of para-hydroxylation sites is 1. The zero-order valence-corrected chi connectivity index (χ0v) is 16.3. The second-order valence-corrected chi connectivity index (χ2v) is 6.65. The molecule has 1 amide bonds. The molecule has 0 atom stereocenters. The normalized spacial score (nSPS) is 11.0. The van der Waals surface area contributed by atoms with Crippen LogP contribution in [-0.4, -0.2) is 18.2 Å². The molecule has 7 heteroatoms. The minimum absolute atomic E-state index is 0.169. The highest BCUT2D eigenvalue weighted by Crippen LogP contribution is 2.21. The third-order valence-corrected chi connectivity index (χ3v) is 4.25. The van der Waals surface area contributed by atoms with Crippen molar-refractivity contribution in [2.24, 2.45) is 10.3 Å². The van der Waals surface area contributed by atoms with Gasteiger partial charge in [0, 0.05) is 15.6 Å². The maximum Gasteiger partial charge on any atom is 0.271 e. The number of rotatable bonds is 7. The molecule has 28 heavy (non-hydrogen) atoms. The molecule has 0 aliphatic carbocycles. The molecule has 0 unspecified atom stereocenters. The lowest BCUT2D eigenvalue weighted by Gasteiger charge is -2.08. The van der Waals surface area contributed by atoms with Crippen molar-refractivity contribution in [3.8, 4) is 11.5 Å². The summed E-state index contributed by atoms with van der Waals surface area (Å²) in [5, 5.41) is 6.97. The van der Waals surface area contributed by atoms with Crippen LogP contribution < -0.4 is 10.2 Å². The van der Waals surface area contributed by atoms with Gasteiger partial charge in [0.15, 0.2) is 0 Å². The first-order valence-corrected chi connectivity index (χ1v) is 9.20. The van der Waals surface area contributed by atoms with Gasteiger partial charge in [0.05, 0.1) is 5.71 Å². The molecule has 0 heterocycles. The van der Waals surface area contributed by atoms with Gasteiger partial charge in [0.25, 0.3) is 5.91 Å². The topological polar surface area (TPSA) is 80.1 Å². The van der Waals surface area contributed by atoms with Gasteiger partial charge < -0.3 is 4.74 Å². The molecule has 0 aromatic heterocycles. The maximum atomic E-state index is 12.2. The monoisotopic (exact) mass is 437 g/mol. The fraction of sp³-hybridized carbons (Fsp3) is 0.0476. The summed E-state index contributed by atoms with van der Waals surface area (Å²) in [5.41, 5.74) is 3.92. The van der Waals surface area contributed by atoms with Gasteiger partial charge in [0.1, 0.15) is 18.0 Å². The number of nitrogens with one attached hydrogen (secondary N) is 1. The van der Waals surface area contributed by atoms with Crippen molar-refractivity contribution in [1.82, 2.24) is 5.43 Å². The van der Waals surface area contributed by atoms with Crippen LogP contribution in [0.1, 0.15) is 15.9 Å². The maximum absolute atomic E-state index is 12.2. The first kappa shape index (κ1) is 19.4. The van der Waals surface area contributed by atoms with Gasteiger partial charge in [-0.05, 0) is 54.6 Å². The number of hydrazone groups is 1. The van der Waals surface area contributed by atoms with Crippen LogP contribution in [0, 0.1) is 4.91 Å². The molecule has 0 fully saturated rings. The summed E-state index contributed by atoms with van der Waals surface area (Å²) in [6.45, 7) is -0.169. The van der Waals surface area contributed by atoms with Crippen LogP contribution in [0.4, 0.5) is 0 Å². The number of hydrogen-bond acceptors (Lipinski definition) is 5. The highest BCUT2D eigenvalue weighted by Gasteiger charge is 2.09. The van der Waals surface area contributed by atoms with E-state index < -0.39 is 0 Å². The van der Waals surface area contributed by atoms with Crippen molar-refractivity contribution < 1.29 is 9.53 Å². The number of carbonyl (C=O) groups excluding carboxylic acids is 1. The van der Waals surface area contributed by atoms with E-state index in [0.29, 0.717) is 22.6 Å². The van der Waals surface area contributed by atoms with E-state index in [4.69, 9.17) is 4.74 Å². The van der Waals surface area contributed by atoms with Gasteiger partial charge in [-0.15, -0.1) is 0 Å². The van der Waals surface area contributed by atoms with E-state index in [1.807, 2.05) is 36.4 Å². The molecule has 1 N–H and O–H groups in total. The Morgan fingerprint density at radius 1 is 0.893 bits per heavy atom. The summed E-state index contributed by atoms with van der Waals surface area (Å²) in [5.74, 6) is 0.986. The number of nitrogens with zero attached hydrogens (tertiary/aromatic N) is 2. The third kappa shape index (κ3) is 5.34. The Balaban J connectivity index is 1.73. The second-order valence-electron chi connectivity index (χ2n) is 5.74. The van der Waals surface area contributed by atoms with Crippen LogP contribution >= 0.6 is 15.9 Å². The van der Waals surface area contributed by atoms with E-state index in [1.165, 1.54) is 0 Å². The Hall–Kier alpha value is -3.32. The number of hydrogen-bond donors (Lipinski definition) is 1. The molecule has 3 rings (SSSR count). The van der Waals surface area contributed by atoms with Gasteiger partial charge in [-0.25, -0.2) is 5.43 Å². The van der Waals surface area contributed by atoms with E-state index in [0.717, 1.165) is 10.2 Å². The van der Waals surface area contributed by atoms with Crippen LogP contribution in [0.15, 0.2) is 93.6 Å². The van der Waals surface area contributed by atoms with Gasteiger partial charge in [0.2, 0.25) is 0 Å². The molecule has 0 spiro atoms. The van der Waals surface area contributed by atoms with Crippen LogP contribution in [0.3, 0.4) is 0 Å². The second kappa shape index (κ2) is 9.57. The highest BCUT2D eigenvalue weighted by molar-refractivity contribution is 9.10. The zero-order chi connectivity index (χ0) is 19.8. The summed E-state index contributed by atoms with van der Waals surface area (Å²) in [6, 6.07) is 23.4. The van der Waals surface area contributed by atoms with Crippen molar-refractivity contribution in [3.05, 3.63) is 99.4 Å². The van der Waals surface area contributed by atoms with Crippen molar-refractivity contribution in [3.63, 3.8) is 0 Å². The molecular formula is C21H16BrN3O3. The van der Waals surface area contributed by atoms with Gasteiger partial charge in [-0.3, -0.25) is 4.79 Å². The molecule has 3 aromatic carbocycles. The summed E-state index contributed by atoms with van der Waals surface area (Å²) < 4.78 is 6.53. The SMILES string of the molecule is O=NCC(=NNC(=O)c1cccc(Br)c1)c1ccc(Oc2ccccc2)cc1. The predicted octanol–water partition coefficient (Wildman–Crippen LogP) is 5.14. The molecule has 0 aliphatic heterocycles. The zero-order valence-electron chi connectivity index (χ0n) is 14.7. The summed E-state index contributed by atoms with van der Waals surface area (Å²) >= 11 is 3.32. The van der Waals surface area contributed by atoms with E-state index in [1.54, 1.807) is 42.5 Å². The lowest BCUT2D eigenvalue weighted by atomic mass is 10.1. The number of carbonyl (C=O) groups is 1. The van der Waals surface area contributed by atoms with Crippen LogP contribution in [0.5, 0.6) is 11.5 Å². The molecule has 0 radical (unpaired) electrons. The first-order valence-electron chi connectivity index (χ1n) is 8.40. The summed E-state index contributed by atoms with van der Waals surface area (Å²) in [6.07, 6.45) is 0. The highest BCUT2D eigenvalue weighted by atomic mass is 79.9. The Morgan fingerprint density at radius 2 is 1.61 bits per heavy atom. The van der Waals surface area contributed by atoms with Crippen LogP contribution in [0.25, 0.3) is 0 Å². The average molecular weight is 438 g/mol. The third-order valence-electron chi connectivity index (χ3n) is 3.76. The number of benzene rings is 3. The average Bonchev–Trinajstić information content (AvgIpc) is 2.72. The van der Waals surface area contributed by atoms with Gasteiger partial charge in [-0.1, -0.05) is 45.4 Å². The van der Waals surface area contributed by atoms with Crippen LogP contribution in [-0.2, 0) is 0 Å². The van der Waals surface area contributed by atoms with E-state index >= 15 is 0 Å². The van der Waals surface area contributed by atoms with E-state index in [9.17, 15) is 9.70 Å². The molecule has 0 aliphatic rings. The van der Waals surface area contributed by atoms with Crippen molar-refractivity contribution in [1.29, 1.82) is 0 Å². The van der Waals surface area contributed by atoms with Crippen molar-refractivity contribution >= 4 is 27.5 Å². The molecule has 0 bridgehead atoms. The van der Waals surface area contributed by atoms with E-state index in [-0.39, 0.29) is 12.5 Å². The Bertz CT molecular complexity index is 989. The first-order chi connectivity index (χ1) is 13.7. The fourth-order valence-corrected chi connectivity index (χ4v) is 2.80. The van der Waals surface area contributed by atoms with Gasteiger partial charge in [-0.2, -0.15) is 10.0 Å². The van der Waals surface area contributed by atoms with Crippen molar-refractivity contribution in [2.75, 3.05) is 6.54 Å².